The molecule has 0 saturated carbocycles. The van der Waals surface area contributed by atoms with E-state index in [1.807, 2.05) is 0 Å². The van der Waals surface area contributed by atoms with E-state index in [9.17, 15) is 45.1 Å². The van der Waals surface area contributed by atoms with E-state index in [1.54, 1.807) is 12.1 Å². The molecule has 0 spiro atoms. The molecule has 0 aliphatic heterocycles. The predicted molar refractivity (Wildman–Crippen MR) is 66.0 cm³/mol. The molecule has 1 aromatic carbocycles. The highest BCUT2D eigenvalue weighted by Gasteiger charge is 2.54. The summed E-state index contributed by atoms with van der Waals surface area (Å²) in [5, 5.41) is 2.62. The van der Waals surface area contributed by atoms with Gasteiger partial charge in [0.2, 0.25) is 5.91 Å². The molecule has 0 aliphatic carbocycles. The SMILES string of the molecule is CC(=O)NCc1ccc(F)cc1.O=C(C(=O)C(F)(F)F)C(F)(F)F. The Morgan fingerprint density at radius 3 is 1.54 bits per heavy atom. The minimum Gasteiger partial charge on any atom is -0.352 e. The zero-order valence-electron chi connectivity index (χ0n) is 11.9. The van der Waals surface area contributed by atoms with Gasteiger partial charge in [0.25, 0.3) is 0 Å². The number of rotatable bonds is 3. The highest BCUT2D eigenvalue weighted by molar-refractivity contribution is 6.41. The average Bonchev–Trinajstić information content (AvgIpc) is 2.43. The first-order chi connectivity index (χ1) is 10.7. The number of halogens is 7. The van der Waals surface area contributed by atoms with Gasteiger partial charge in [0.15, 0.2) is 0 Å². The molecule has 0 heterocycles. The first-order valence-electron chi connectivity index (χ1n) is 5.96. The monoisotopic (exact) mass is 361 g/mol. The molecule has 4 nitrogen and oxygen atoms in total. The lowest BCUT2D eigenvalue weighted by Crippen LogP contribution is -2.39. The molecule has 1 amide bonds. The predicted octanol–water partition coefficient (Wildman–Crippen LogP) is 2.71. The first-order valence-corrected chi connectivity index (χ1v) is 5.96. The van der Waals surface area contributed by atoms with Crippen molar-refractivity contribution in [3.63, 3.8) is 0 Å². The molecule has 0 fully saturated rings. The summed E-state index contributed by atoms with van der Waals surface area (Å²) in [5.74, 6) is -7.16. The summed E-state index contributed by atoms with van der Waals surface area (Å²) < 4.78 is 79.4. The van der Waals surface area contributed by atoms with E-state index >= 15 is 0 Å². The van der Waals surface area contributed by atoms with Gasteiger partial charge in [0, 0.05) is 13.5 Å². The summed E-state index contributed by atoms with van der Waals surface area (Å²) in [6, 6.07) is 6.03. The van der Waals surface area contributed by atoms with E-state index in [0.29, 0.717) is 6.54 Å². The van der Waals surface area contributed by atoms with Crippen molar-refractivity contribution in [3.8, 4) is 0 Å². The summed E-state index contributed by atoms with van der Waals surface area (Å²) in [6.45, 7) is 1.90. The van der Waals surface area contributed by atoms with Crippen LogP contribution in [0.1, 0.15) is 12.5 Å². The quantitative estimate of drug-likeness (QED) is 0.665. The van der Waals surface area contributed by atoms with Crippen LogP contribution in [0.4, 0.5) is 30.7 Å². The zero-order valence-corrected chi connectivity index (χ0v) is 11.9. The van der Waals surface area contributed by atoms with Gasteiger partial charge in [-0.3, -0.25) is 14.4 Å². The Balaban J connectivity index is 0.000000441. The largest absolute Gasteiger partial charge is 0.458 e. The van der Waals surface area contributed by atoms with Crippen LogP contribution < -0.4 is 5.32 Å². The van der Waals surface area contributed by atoms with Gasteiger partial charge < -0.3 is 5.32 Å². The van der Waals surface area contributed by atoms with E-state index in [0.717, 1.165) is 5.56 Å². The van der Waals surface area contributed by atoms with Crippen LogP contribution in [-0.2, 0) is 20.9 Å². The van der Waals surface area contributed by atoms with Crippen molar-refractivity contribution in [2.75, 3.05) is 0 Å². The molecule has 0 aliphatic rings. The Morgan fingerprint density at radius 1 is 0.875 bits per heavy atom. The molecule has 1 aromatic rings. The molecule has 1 N–H and O–H groups in total. The number of carbonyl (C=O) groups is 3. The Bertz CT molecular complexity index is 567. The first kappa shape index (κ1) is 21.5. The van der Waals surface area contributed by atoms with Crippen molar-refractivity contribution in [1.29, 1.82) is 0 Å². The number of hydrogen-bond donors (Lipinski definition) is 1. The fourth-order valence-corrected chi connectivity index (χ4v) is 1.09. The van der Waals surface area contributed by atoms with E-state index < -0.39 is 23.9 Å². The molecule has 0 radical (unpaired) electrons. The van der Waals surface area contributed by atoms with Gasteiger partial charge in [-0.2, -0.15) is 26.3 Å². The maximum Gasteiger partial charge on any atom is 0.458 e. The summed E-state index contributed by atoms with van der Waals surface area (Å²) >= 11 is 0. The normalized spacial score (nSPS) is 11.2. The number of alkyl halides is 6. The van der Waals surface area contributed by atoms with E-state index in [-0.39, 0.29) is 11.7 Å². The summed E-state index contributed by atoms with van der Waals surface area (Å²) in [6.07, 6.45) is -11.5. The van der Waals surface area contributed by atoms with E-state index in [1.165, 1.54) is 19.1 Å². The third kappa shape index (κ3) is 8.25. The topological polar surface area (TPSA) is 63.2 Å². The maximum atomic E-state index is 12.4. The average molecular weight is 361 g/mol. The van der Waals surface area contributed by atoms with Crippen LogP contribution in [0.5, 0.6) is 0 Å². The molecule has 1 rings (SSSR count). The lowest BCUT2D eigenvalue weighted by Gasteiger charge is -2.05. The second-order valence-electron chi connectivity index (χ2n) is 4.19. The van der Waals surface area contributed by atoms with Crippen molar-refractivity contribution in [3.05, 3.63) is 35.6 Å². The number of amides is 1. The molecule has 11 heteroatoms. The van der Waals surface area contributed by atoms with Crippen LogP contribution in [0.3, 0.4) is 0 Å². The molecule has 24 heavy (non-hydrogen) atoms. The molecule has 0 unspecified atom stereocenters. The fraction of sp³-hybridized carbons (Fsp3) is 0.308. The molecule has 0 aromatic heterocycles. The highest BCUT2D eigenvalue weighted by Crippen LogP contribution is 2.23. The van der Waals surface area contributed by atoms with Crippen molar-refractivity contribution in [1.82, 2.24) is 5.32 Å². The smallest absolute Gasteiger partial charge is 0.352 e. The lowest BCUT2D eigenvalue weighted by molar-refractivity contribution is -0.193. The number of hydrogen-bond acceptors (Lipinski definition) is 3. The molecule has 0 bridgehead atoms. The zero-order chi connectivity index (χ0) is 19.1. The standard InChI is InChI=1S/C9H10FNO.C4F6O2/c1-7(12)11-6-8-2-4-9(10)5-3-8;5-3(6,7)1(11)2(12)4(8,9)10/h2-5H,6H2,1H3,(H,11,12);. The minimum absolute atomic E-state index is 0.0840. The van der Waals surface area contributed by atoms with Crippen LogP contribution in [0.2, 0.25) is 0 Å². The van der Waals surface area contributed by atoms with Crippen LogP contribution in [0, 0.1) is 5.82 Å². The number of nitrogens with one attached hydrogen (secondary N) is 1. The van der Waals surface area contributed by atoms with Gasteiger partial charge in [-0.05, 0) is 17.7 Å². The molecule has 0 atom stereocenters. The highest BCUT2D eigenvalue weighted by atomic mass is 19.4. The van der Waals surface area contributed by atoms with Gasteiger partial charge in [-0.1, -0.05) is 12.1 Å². The lowest BCUT2D eigenvalue weighted by atomic mass is 10.2. The Kier molecular flexibility index (Phi) is 7.55. The number of ketones is 2. The number of Topliss-reactive ketones (excluding diaryl/α,β-unsaturated/α-hetero) is 2. The van der Waals surface area contributed by atoms with Crippen molar-refractivity contribution in [2.45, 2.75) is 25.8 Å². The van der Waals surface area contributed by atoms with Gasteiger partial charge in [0.05, 0.1) is 0 Å². The van der Waals surface area contributed by atoms with Gasteiger partial charge in [0.1, 0.15) is 5.82 Å². The molecular weight excluding hydrogens is 351 g/mol. The van der Waals surface area contributed by atoms with Crippen molar-refractivity contribution < 1.29 is 45.1 Å². The maximum absolute atomic E-state index is 12.4. The Hall–Kier alpha value is -2.46. The second-order valence-corrected chi connectivity index (χ2v) is 4.19. The van der Waals surface area contributed by atoms with Gasteiger partial charge in [-0.25, -0.2) is 4.39 Å². The number of benzene rings is 1. The summed E-state index contributed by atoms with van der Waals surface area (Å²) in [7, 11) is 0. The van der Waals surface area contributed by atoms with Gasteiger partial charge >= 0.3 is 23.9 Å². The van der Waals surface area contributed by atoms with Crippen LogP contribution in [0.15, 0.2) is 24.3 Å². The third-order valence-electron chi connectivity index (χ3n) is 2.18. The van der Waals surface area contributed by atoms with E-state index in [2.05, 4.69) is 5.32 Å². The van der Waals surface area contributed by atoms with E-state index in [4.69, 9.17) is 0 Å². The van der Waals surface area contributed by atoms with Crippen LogP contribution in [-0.4, -0.2) is 29.8 Å². The second kappa shape index (κ2) is 8.41. The fourth-order valence-electron chi connectivity index (χ4n) is 1.09. The van der Waals surface area contributed by atoms with Crippen LogP contribution >= 0.6 is 0 Å². The van der Waals surface area contributed by atoms with Crippen molar-refractivity contribution >= 4 is 17.5 Å². The Labute approximate surface area is 130 Å². The van der Waals surface area contributed by atoms with Crippen molar-refractivity contribution in [2.24, 2.45) is 0 Å². The summed E-state index contributed by atoms with van der Waals surface area (Å²) in [5.41, 5.74) is 0.895. The Morgan fingerprint density at radius 2 is 1.25 bits per heavy atom. The molecule has 134 valence electrons. The molecule has 0 saturated heterocycles. The van der Waals surface area contributed by atoms with Gasteiger partial charge in [-0.15, -0.1) is 0 Å². The summed E-state index contributed by atoms with van der Waals surface area (Å²) in [4.78, 5) is 29.7. The van der Waals surface area contributed by atoms with Crippen LogP contribution in [0.25, 0.3) is 0 Å². The molecular formula is C13H10F7NO3. The number of carbonyl (C=O) groups excluding carboxylic acids is 3. The minimum atomic E-state index is -5.77. The third-order valence-corrected chi connectivity index (χ3v) is 2.18.